The van der Waals surface area contributed by atoms with Gasteiger partial charge >= 0.3 is 0 Å². The Hall–Kier alpha value is -1.42. The fourth-order valence-electron chi connectivity index (χ4n) is 1.46. The number of pyridine rings is 1. The maximum Gasteiger partial charge on any atom is 0.237 e. The molecule has 1 heterocycles. The zero-order valence-corrected chi connectivity index (χ0v) is 9.86. The zero-order chi connectivity index (χ0) is 12.0. The molecule has 0 aliphatic carbocycles. The zero-order valence-electron chi connectivity index (χ0n) is 9.86. The monoisotopic (exact) mass is 221 g/mol. The molecule has 16 heavy (non-hydrogen) atoms. The van der Waals surface area contributed by atoms with Crippen molar-refractivity contribution in [1.29, 1.82) is 0 Å². The van der Waals surface area contributed by atoms with Gasteiger partial charge in [-0.15, -0.1) is 0 Å². The second-order valence-corrected chi connectivity index (χ2v) is 3.92. The SMILES string of the molecule is CCCC(N)C(=O)NCc1ccncc1C. The molecule has 0 aromatic carbocycles. The first-order chi connectivity index (χ1) is 7.65. The van der Waals surface area contributed by atoms with Crippen LogP contribution in [0.4, 0.5) is 0 Å². The fourth-order valence-corrected chi connectivity index (χ4v) is 1.46. The summed E-state index contributed by atoms with van der Waals surface area (Å²) < 4.78 is 0. The summed E-state index contributed by atoms with van der Waals surface area (Å²) in [5.74, 6) is -0.0851. The Bertz CT molecular complexity index is 352. The Labute approximate surface area is 96.3 Å². The van der Waals surface area contributed by atoms with Crippen molar-refractivity contribution in [3.05, 3.63) is 29.6 Å². The summed E-state index contributed by atoms with van der Waals surface area (Å²) in [6, 6.07) is 1.51. The van der Waals surface area contributed by atoms with E-state index in [4.69, 9.17) is 5.73 Å². The van der Waals surface area contributed by atoms with Crippen molar-refractivity contribution < 1.29 is 4.79 Å². The maximum atomic E-state index is 11.6. The Morgan fingerprint density at radius 2 is 2.38 bits per heavy atom. The number of carbonyl (C=O) groups excluding carboxylic acids is 1. The van der Waals surface area contributed by atoms with Crippen LogP contribution in [0, 0.1) is 6.92 Å². The van der Waals surface area contributed by atoms with Crippen LogP contribution in [-0.4, -0.2) is 16.9 Å². The first kappa shape index (κ1) is 12.6. The highest BCUT2D eigenvalue weighted by molar-refractivity contribution is 5.81. The van der Waals surface area contributed by atoms with Crippen molar-refractivity contribution in [2.45, 2.75) is 39.3 Å². The van der Waals surface area contributed by atoms with Crippen molar-refractivity contribution in [2.24, 2.45) is 5.73 Å². The quantitative estimate of drug-likeness (QED) is 0.783. The van der Waals surface area contributed by atoms with Gasteiger partial charge in [0.1, 0.15) is 0 Å². The van der Waals surface area contributed by atoms with E-state index in [1.165, 1.54) is 0 Å². The summed E-state index contributed by atoms with van der Waals surface area (Å²) in [6.07, 6.45) is 5.15. The minimum absolute atomic E-state index is 0.0851. The molecular weight excluding hydrogens is 202 g/mol. The second-order valence-electron chi connectivity index (χ2n) is 3.92. The molecule has 0 radical (unpaired) electrons. The van der Waals surface area contributed by atoms with Gasteiger partial charge in [-0.25, -0.2) is 0 Å². The summed E-state index contributed by atoms with van der Waals surface area (Å²) in [5, 5.41) is 2.83. The summed E-state index contributed by atoms with van der Waals surface area (Å²) in [4.78, 5) is 15.6. The Balaban J connectivity index is 2.46. The molecule has 0 fully saturated rings. The lowest BCUT2D eigenvalue weighted by Crippen LogP contribution is -2.40. The minimum Gasteiger partial charge on any atom is -0.351 e. The lowest BCUT2D eigenvalue weighted by molar-refractivity contribution is -0.122. The molecule has 4 heteroatoms. The molecule has 0 saturated heterocycles. The Morgan fingerprint density at radius 1 is 1.62 bits per heavy atom. The van der Waals surface area contributed by atoms with Crippen LogP contribution < -0.4 is 11.1 Å². The predicted molar refractivity (Wildman–Crippen MR) is 63.7 cm³/mol. The van der Waals surface area contributed by atoms with E-state index in [9.17, 15) is 4.79 Å². The number of nitrogens with one attached hydrogen (secondary N) is 1. The van der Waals surface area contributed by atoms with Crippen LogP contribution in [-0.2, 0) is 11.3 Å². The third kappa shape index (κ3) is 3.62. The van der Waals surface area contributed by atoms with Crippen LogP contribution in [0.25, 0.3) is 0 Å². The molecule has 3 N–H and O–H groups in total. The number of carbonyl (C=O) groups is 1. The van der Waals surface area contributed by atoms with E-state index in [1.54, 1.807) is 12.4 Å². The van der Waals surface area contributed by atoms with Crippen LogP contribution in [0.3, 0.4) is 0 Å². The molecule has 1 atom stereocenters. The van der Waals surface area contributed by atoms with Crippen molar-refractivity contribution in [3.8, 4) is 0 Å². The van der Waals surface area contributed by atoms with Gasteiger partial charge in [-0.1, -0.05) is 13.3 Å². The van der Waals surface area contributed by atoms with E-state index < -0.39 is 6.04 Å². The van der Waals surface area contributed by atoms with Crippen LogP contribution >= 0.6 is 0 Å². The lowest BCUT2D eigenvalue weighted by Gasteiger charge is -2.12. The molecule has 1 rings (SSSR count). The van der Waals surface area contributed by atoms with Gasteiger partial charge in [-0.2, -0.15) is 0 Å². The average molecular weight is 221 g/mol. The van der Waals surface area contributed by atoms with Crippen molar-refractivity contribution in [2.75, 3.05) is 0 Å². The van der Waals surface area contributed by atoms with Gasteiger partial charge in [0.15, 0.2) is 0 Å². The maximum absolute atomic E-state index is 11.6. The smallest absolute Gasteiger partial charge is 0.237 e. The predicted octanol–water partition coefficient (Wildman–Crippen LogP) is 1.13. The van der Waals surface area contributed by atoms with Gasteiger partial charge in [0.25, 0.3) is 0 Å². The second kappa shape index (κ2) is 6.23. The summed E-state index contributed by atoms with van der Waals surface area (Å²) in [7, 11) is 0. The van der Waals surface area contributed by atoms with Crippen molar-refractivity contribution in [1.82, 2.24) is 10.3 Å². The summed E-state index contributed by atoms with van der Waals surface area (Å²) >= 11 is 0. The van der Waals surface area contributed by atoms with E-state index in [1.807, 2.05) is 19.9 Å². The molecule has 0 aliphatic rings. The molecule has 1 unspecified atom stereocenters. The molecule has 1 aromatic heterocycles. The van der Waals surface area contributed by atoms with Crippen LogP contribution in [0.5, 0.6) is 0 Å². The Kier molecular flexibility index (Phi) is 4.92. The number of nitrogens with zero attached hydrogens (tertiary/aromatic N) is 1. The highest BCUT2D eigenvalue weighted by Gasteiger charge is 2.11. The molecule has 4 nitrogen and oxygen atoms in total. The Morgan fingerprint density at radius 3 is 3.00 bits per heavy atom. The topological polar surface area (TPSA) is 68.0 Å². The van der Waals surface area contributed by atoms with E-state index >= 15 is 0 Å². The molecule has 1 amide bonds. The van der Waals surface area contributed by atoms with Gasteiger partial charge in [-0.3, -0.25) is 9.78 Å². The third-order valence-electron chi connectivity index (χ3n) is 2.53. The lowest BCUT2D eigenvalue weighted by atomic mass is 10.1. The van der Waals surface area contributed by atoms with E-state index in [2.05, 4.69) is 10.3 Å². The van der Waals surface area contributed by atoms with E-state index in [0.717, 1.165) is 24.0 Å². The molecule has 0 saturated carbocycles. The number of aryl methyl sites for hydroxylation is 1. The van der Waals surface area contributed by atoms with E-state index in [-0.39, 0.29) is 5.91 Å². The third-order valence-corrected chi connectivity index (χ3v) is 2.53. The number of nitrogens with two attached hydrogens (primary N) is 1. The number of aromatic nitrogens is 1. The number of hydrogen-bond donors (Lipinski definition) is 2. The van der Waals surface area contributed by atoms with Crippen LogP contribution in [0.15, 0.2) is 18.5 Å². The van der Waals surface area contributed by atoms with Crippen molar-refractivity contribution >= 4 is 5.91 Å². The number of hydrogen-bond acceptors (Lipinski definition) is 3. The highest BCUT2D eigenvalue weighted by atomic mass is 16.2. The van der Waals surface area contributed by atoms with E-state index in [0.29, 0.717) is 6.54 Å². The van der Waals surface area contributed by atoms with Gasteiger partial charge in [0, 0.05) is 18.9 Å². The fraction of sp³-hybridized carbons (Fsp3) is 0.500. The first-order valence-corrected chi connectivity index (χ1v) is 5.58. The minimum atomic E-state index is -0.396. The molecular formula is C12H19N3O. The van der Waals surface area contributed by atoms with Crippen LogP contribution in [0.2, 0.25) is 0 Å². The molecule has 1 aromatic rings. The molecule has 0 spiro atoms. The normalized spacial score (nSPS) is 12.2. The standard InChI is InChI=1S/C12H19N3O/c1-3-4-11(13)12(16)15-8-10-5-6-14-7-9(10)2/h5-7,11H,3-4,8,13H2,1-2H3,(H,15,16). The van der Waals surface area contributed by atoms with Gasteiger partial charge in [0.05, 0.1) is 6.04 Å². The number of rotatable bonds is 5. The summed E-state index contributed by atoms with van der Waals surface area (Å²) in [5.41, 5.74) is 7.86. The van der Waals surface area contributed by atoms with Gasteiger partial charge in [-0.05, 0) is 30.5 Å². The molecule has 0 bridgehead atoms. The van der Waals surface area contributed by atoms with Crippen LogP contribution in [0.1, 0.15) is 30.9 Å². The highest BCUT2D eigenvalue weighted by Crippen LogP contribution is 2.04. The first-order valence-electron chi connectivity index (χ1n) is 5.58. The number of amides is 1. The molecule has 0 aliphatic heterocycles. The average Bonchev–Trinajstić information content (AvgIpc) is 2.28. The van der Waals surface area contributed by atoms with Crippen molar-refractivity contribution in [3.63, 3.8) is 0 Å². The summed E-state index contributed by atoms with van der Waals surface area (Å²) in [6.45, 7) is 4.51. The van der Waals surface area contributed by atoms with Gasteiger partial charge in [0.2, 0.25) is 5.91 Å². The molecule has 88 valence electrons. The largest absolute Gasteiger partial charge is 0.351 e. The van der Waals surface area contributed by atoms with Gasteiger partial charge < -0.3 is 11.1 Å².